The molecular weight excluding hydrogens is 414 g/mol. The molecular formula is C20H24ClN3O4S. The van der Waals surface area contributed by atoms with Crippen LogP contribution in [-0.4, -0.2) is 63.4 Å². The highest BCUT2D eigenvalue weighted by Crippen LogP contribution is 2.27. The van der Waals surface area contributed by atoms with Crippen LogP contribution in [0.3, 0.4) is 0 Å². The van der Waals surface area contributed by atoms with Gasteiger partial charge in [-0.2, -0.15) is 4.31 Å². The van der Waals surface area contributed by atoms with Crippen LogP contribution in [0.25, 0.3) is 0 Å². The van der Waals surface area contributed by atoms with Crippen LogP contribution in [0.4, 0.5) is 5.69 Å². The van der Waals surface area contributed by atoms with E-state index in [0.29, 0.717) is 44.2 Å². The lowest BCUT2D eigenvalue weighted by Gasteiger charge is -2.31. The molecule has 0 saturated carbocycles. The first-order valence-corrected chi connectivity index (χ1v) is 11.2. The van der Waals surface area contributed by atoms with Crippen LogP contribution < -0.4 is 10.1 Å². The van der Waals surface area contributed by atoms with Crippen LogP contribution in [0.5, 0.6) is 5.75 Å². The van der Waals surface area contributed by atoms with Crippen molar-refractivity contribution in [3.63, 3.8) is 0 Å². The van der Waals surface area contributed by atoms with E-state index in [9.17, 15) is 13.2 Å². The minimum atomic E-state index is -3.70. The van der Waals surface area contributed by atoms with Gasteiger partial charge in [0, 0.05) is 26.2 Å². The Labute approximate surface area is 176 Å². The number of likely N-dealkylation sites (N-methyl/N-ethyl adjacent to an activating group) is 1. The second kappa shape index (κ2) is 9.13. The van der Waals surface area contributed by atoms with E-state index < -0.39 is 15.9 Å². The van der Waals surface area contributed by atoms with Crippen molar-refractivity contribution in [2.45, 2.75) is 11.8 Å². The van der Waals surface area contributed by atoms with Crippen molar-refractivity contribution in [1.29, 1.82) is 0 Å². The molecule has 0 spiro atoms. The van der Waals surface area contributed by atoms with Crippen molar-refractivity contribution < 1.29 is 17.9 Å². The predicted molar refractivity (Wildman–Crippen MR) is 113 cm³/mol. The number of rotatable bonds is 6. The fraction of sp³-hybridized carbons (Fsp3) is 0.350. The predicted octanol–water partition coefficient (Wildman–Crippen LogP) is 2.93. The van der Waals surface area contributed by atoms with Gasteiger partial charge in [-0.3, -0.25) is 4.79 Å². The molecule has 1 saturated heterocycles. The highest BCUT2D eigenvalue weighted by molar-refractivity contribution is 7.89. The maximum absolute atomic E-state index is 13.0. The van der Waals surface area contributed by atoms with E-state index in [1.165, 1.54) is 22.5 Å². The first-order valence-electron chi connectivity index (χ1n) is 9.34. The zero-order valence-electron chi connectivity index (χ0n) is 16.4. The number of carbonyl (C=O) groups is 1. The Kier molecular flexibility index (Phi) is 6.79. The average Bonchev–Trinajstić information content (AvgIpc) is 2.70. The summed E-state index contributed by atoms with van der Waals surface area (Å²) in [5.74, 6) is 0.0262. The number of ether oxygens (including phenoxy) is 1. The molecule has 9 heteroatoms. The third-order valence-electron chi connectivity index (χ3n) is 4.72. The molecule has 0 unspecified atom stereocenters. The van der Waals surface area contributed by atoms with Gasteiger partial charge in [-0.25, -0.2) is 8.42 Å². The number of piperazine rings is 1. The molecule has 2 aromatic rings. The lowest BCUT2D eigenvalue weighted by Crippen LogP contribution is -2.47. The van der Waals surface area contributed by atoms with Crippen molar-refractivity contribution in [2.24, 2.45) is 0 Å². The summed E-state index contributed by atoms with van der Waals surface area (Å²) in [4.78, 5) is 14.9. The number of halogens is 1. The van der Waals surface area contributed by atoms with Crippen molar-refractivity contribution in [3.8, 4) is 5.75 Å². The second-order valence-corrected chi connectivity index (χ2v) is 9.08. The average molecular weight is 438 g/mol. The molecule has 1 heterocycles. The van der Waals surface area contributed by atoms with Crippen LogP contribution in [0, 0.1) is 0 Å². The summed E-state index contributed by atoms with van der Waals surface area (Å²) in [6.45, 7) is 4.44. The van der Waals surface area contributed by atoms with E-state index in [2.05, 4.69) is 10.2 Å². The van der Waals surface area contributed by atoms with E-state index in [-0.39, 0.29) is 15.5 Å². The van der Waals surface area contributed by atoms with Crippen molar-refractivity contribution >= 4 is 33.2 Å². The Bertz CT molecular complexity index is 989. The van der Waals surface area contributed by atoms with Crippen molar-refractivity contribution in [3.05, 3.63) is 53.1 Å². The van der Waals surface area contributed by atoms with Gasteiger partial charge >= 0.3 is 0 Å². The molecule has 0 bridgehead atoms. The molecule has 3 rings (SSSR count). The number of hydrogen-bond donors (Lipinski definition) is 1. The van der Waals surface area contributed by atoms with Crippen LogP contribution in [0.1, 0.15) is 17.3 Å². The lowest BCUT2D eigenvalue weighted by molar-refractivity contribution is 0.102. The summed E-state index contributed by atoms with van der Waals surface area (Å²) in [6, 6.07) is 11.2. The van der Waals surface area contributed by atoms with Crippen molar-refractivity contribution in [1.82, 2.24) is 9.21 Å². The van der Waals surface area contributed by atoms with E-state index in [1.807, 2.05) is 14.0 Å². The number of hydrogen-bond acceptors (Lipinski definition) is 5. The number of nitrogens with zero attached hydrogens (tertiary/aromatic N) is 2. The summed E-state index contributed by atoms with van der Waals surface area (Å²) in [5, 5.41) is 2.93. The Balaban J connectivity index is 1.86. The minimum absolute atomic E-state index is 0.0506. The summed E-state index contributed by atoms with van der Waals surface area (Å²) in [5.41, 5.74) is 0.580. The Hall–Kier alpha value is -2.13. The molecule has 0 radical (unpaired) electrons. The van der Waals surface area contributed by atoms with E-state index in [0.717, 1.165) is 0 Å². The molecule has 1 amide bonds. The van der Waals surface area contributed by atoms with Gasteiger partial charge in [0.15, 0.2) is 0 Å². The van der Waals surface area contributed by atoms with Crippen LogP contribution in [0.15, 0.2) is 47.4 Å². The number of para-hydroxylation sites is 2. The fourth-order valence-electron chi connectivity index (χ4n) is 3.06. The first-order chi connectivity index (χ1) is 13.8. The quantitative estimate of drug-likeness (QED) is 0.751. The zero-order chi connectivity index (χ0) is 21.0. The van der Waals surface area contributed by atoms with E-state index in [1.54, 1.807) is 24.3 Å². The molecule has 1 N–H and O–H groups in total. The van der Waals surface area contributed by atoms with Gasteiger partial charge in [0.05, 0.1) is 27.8 Å². The monoisotopic (exact) mass is 437 g/mol. The summed E-state index contributed by atoms with van der Waals surface area (Å²) in [6.07, 6.45) is 0. The minimum Gasteiger partial charge on any atom is -0.492 e. The fourth-order valence-corrected chi connectivity index (χ4v) is 4.71. The van der Waals surface area contributed by atoms with Gasteiger partial charge in [0.25, 0.3) is 5.91 Å². The number of nitrogens with one attached hydrogen (secondary N) is 1. The molecule has 2 aromatic carbocycles. The first kappa shape index (κ1) is 21.6. The number of amides is 1. The summed E-state index contributed by atoms with van der Waals surface area (Å²) in [7, 11) is -1.75. The molecule has 1 aliphatic heterocycles. The number of benzene rings is 2. The van der Waals surface area contributed by atoms with Crippen LogP contribution >= 0.6 is 11.6 Å². The van der Waals surface area contributed by atoms with Crippen LogP contribution in [0.2, 0.25) is 5.02 Å². The summed E-state index contributed by atoms with van der Waals surface area (Å²) < 4.78 is 32.9. The van der Waals surface area contributed by atoms with E-state index >= 15 is 0 Å². The Morgan fingerprint density at radius 1 is 1.14 bits per heavy atom. The number of sulfonamides is 1. The highest BCUT2D eigenvalue weighted by atomic mass is 35.5. The third kappa shape index (κ3) is 4.90. The van der Waals surface area contributed by atoms with Crippen molar-refractivity contribution in [2.75, 3.05) is 45.2 Å². The van der Waals surface area contributed by atoms with Gasteiger partial charge in [-0.05, 0) is 44.3 Å². The maximum atomic E-state index is 13.0. The SMILES string of the molecule is CCOc1ccccc1NC(=O)c1cc(S(=O)(=O)N2CCN(C)CC2)ccc1Cl. The standard InChI is InChI=1S/C20H24ClN3O4S/c1-3-28-19-7-5-4-6-18(19)22-20(25)16-14-15(8-9-17(16)21)29(26,27)24-12-10-23(2)11-13-24/h4-9,14H,3,10-13H2,1-2H3,(H,22,25). The molecule has 7 nitrogen and oxygen atoms in total. The van der Waals surface area contributed by atoms with Crippen LogP contribution in [-0.2, 0) is 10.0 Å². The molecule has 156 valence electrons. The normalized spacial score (nSPS) is 15.8. The molecule has 29 heavy (non-hydrogen) atoms. The van der Waals surface area contributed by atoms with Gasteiger partial charge in [-0.15, -0.1) is 0 Å². The zero-order valence-corrected chi connectivity index (χ0v) is 18.0. The molecule has 0 atom stereocenters. The van der Waals surface area contributed by atoms with Gasteiger partial charge in [-0.1, -0.05) is 23.7 Å². The van der Waals surface area contributed by atoms with Gasteiger partial charge in [0.1, 0.15) is 5.75 Å². The largest absolute Gasteiger partial charge is 0.492 e. The second-order valence-electron chi connectivity index (χ2n) is 6.73. The smallest absolute Gasteiger partial charge is 0.257 e. The molecule has 0 aromatic heterocycles. The number of anilines is 1. The van der Waals surface area contributed by atoms with Gasteiger partial charge in [0.2, 0.25) is 10.0 Å². The Morgan fingerprint density at radius 3 is 2.52 bits per heavy atom. The maximum Gasteiger partial charge on any atom is 0.257 e. The third-order valence-corrected chi connectivity index (χ3v) is 6.94. The molecule has 1 fully saturated rings. The molecule has 0 aliphatic carbocycles. The number of carbonyl (C=O) groups excluding carboxylic acids is 1. The molecule has 1 aliphatic rings. The summed E-state index contributed by atoms with van der Waals surface area (Å²) >= 11 is 6.21. The van der Waals surface area contributed by atoms with Gasteiger partial charge < -0.3 is 15.0 Å². The topological polar surface area (TPSA) is 78.9 Å². The van der Waals surface area contributed by atoms with E-state index in [4.69, 9.17) is 16.3 Å². The lowest BCUT2D eigenvalue weighted by atomic mass is 10.2. The Morgan fingerprint density at radius 2 is 1.83 bits per heavy atom. The highest BCUT2D eigenvalue weighted by Gasteiger charge is 2.28.